The molecule has 2 aromatic rings. The number of ether oxygens (including phenoxy) is 3. The number of hydrogen-bond acceptors (Lipinski definition) is 6. The van der Waals surface area contributed by atoms with Crippen LogP contribution in [-0.4, -0.2) is 55.6 Å². The highest BCUT2D eigenvalue weighted by atomic mass is 16.5. The van der Waals surface area contributed by atoms with Crippen LogP contribution in [0.1, 0.15) is 42.1 Å². The summed E-state index contributed by atoms with van der Waals surface area (Å²) in [4.78, 5) is 15.8. The van der Waals surface area contributed by atoms with Crippen molar-refractivity contribution in [1.82, 2.24) is 9.47 Å². The molecule has 30 heavy (non-hydrogen) atoms. The van der Waals surface area contributed by atoms with Crippen molar-refractivity contribution in [3.8, 4) is 17.2 Å². The number of aromatic hydroxyl groups is 1. The first-order valence-electron chi connectivity index (χ1n) is 10.4. The van der Waals surface area contributed by atoms with E-state index in [-0.39, 0.29) is 17.4 Å². The van der Waals surface area contributed by atoms with E-state index in [1.54, 1.807) is 32.0 Å². The van der Waals surface area contributed by atoms with Gasteiger partial charge in [-0.2, -0.15) is 0 Å². The Morgan fingerprint density at radius 2 is 1.73 bits per heavy atom. The maximum Gasteiger partial charge on any atom is 0.259 e. The van der Waals surface area contributed by atoms with Crippen molar-refractivity contribution in [1.29, 1.82) is 0 Å². The standard InChI is InChI=1S/C23H32N2O5/c1-16-14-18(26)21(23(27)25(16)12-13-28-2)22(24-10-6-5-7-11-24)17-8-9-19(29-3)20(15-17)30-4/h8-9,14-15,22,26H,5-7,10-13H2,1-4H3. The normalized spacial score (nSPS) is 15.7. The van der Waals surface area contributed by atoms with Crippen molar-refractivity contribution in [3.63, 3.8) is 0 Å². The molecule has 1 fully saturated rings. The largest absolute Gasteiger partial charge is 0.507 e. The average Bonchev–Trinajstić information content (AvgIpc) is 2.76. The first kappa shape index (κ1) is 22.2. The molecule has 0 amide bonds. The number of aryl methyl sites for hydroxylation is 1. The lowest BCUT2D eigenvalue weighted by Crippen LogP contribution is -2.39. The van der Waals surface area contributed by atoms with Gasteiger partial charge in [-0.15, -0.1) is 0 Å². The Balaban J connectivity index is 2.18. The molecular weight excluding hydrogens is 384 g/mol. The van der Waals surface area contributed by atoms with Crippen molar-refractivity contribution in [2.45, 2.75) is 38.8 Å². The van der Waals surface area contributed by atoms with Gasteiger partial charge in [-0.25, -0.2) is 0 Å². The Bertz CT molecular complexity index is 919. The molecule has 1 atom stereocenters. The Morgan fingerprint density at radius 1 is 1.03 bits per heavy atom. The number of aromatic nitrogens is 1. The van der Waals surface area contributed by atoms with E-state index in [9.17, 15) is 9.90 Å². The third-order valence-corrected chi connectivity index (χ3v) is 5.79. The number of rotatable bonds is 8. The van der Waals surface area contributed by atoms with Crippen LogP contribution in [0.4, 0.5) is 0 Å². The summed E-state index contributed by atoms with van der Waals surface area (Å²) >= 11 is 0. The minimum atomic E-state index is -0.369. The SMILES string of the molecule is COCCn1c(C)cc(O)c(C(c2ccc(OC)c(OC)c2)N2CCCCC2)c1=O. The first-order valence-corrected chi connectivity index (χ1v) is 10.4. The summed E-state index contributed by atoms with van der Waals surface area (Å²) in [6.07, 6.45) is 3.30. The third-order valence-electron chi connectivity index (χ3n) is 5.79. The number of likely N-dealkylation sites (tertiary alicyclic amines) is 1. The fourth-order valence-electron chi connectivity index (χ4n) is 4.25. The average molecular weight is 417 g/mol. The van der Waals surface area contributed by atoms with Crippen LogP contribution in [0.5, 0.6) is 17.2 Å². The summed E-state index contributed by atoms with van der Waals surface area (Å²) in [6.45, 7) is 4.42. The predicted octanol–water partition coefficient (Wildman–Crippen LogP) is 3.10. The number of methoxy groups -OCH3 is 3. The lowest BCUT2D eigenvalue weighted by atomic mass is 9.94. The molecule has 0 spiro atoms. The fraction of sp³-hybridized carbons (Fsp3) is 0.522. The van der Waals surface area contributed by atoms with Crippen LogP contribution in [0, 0.1) is 6.92 Å². The van der Waals surface area contributed by atoms with Gasteiger partial charge >= 0.3 is 0 Å². The summed E-state index contributed by atoms with van der Waals surface area (Å²) in [5.74, 6) is 1.25. The van der Waals surface area contributed by atoms with Crippen molar-refractivity contribution in [2.75, 3.05) is 41.0 Å². The van der Waals surface area contributed by atoms with E-state index in [0.29, 0.717) is 35.9 Å². The Kier molecular flexibility index (Phi) is 7.39. The van der Waals surface area contributed by atoms with Crippen LogP contribution in [-0.2, 0) is 11.3 Å². The molecule has 0 saturated carbocycles. The second-order valence-corrected chi connectivity index (χ2v) is 7.65. The van der Waals surface area contributed by atoms with E-state index in [4.69, 9.17) is 14.2 Å². The van der Waals surface area contributed by atoms with Gasteiger partial charge in [0.25, 0.3) is 5.56 Å². The van der Waals surface area contributed by atoms with Gasteiger partial charge in [-0.1, -0.05) is 12.5 Å². The van der Waals surface area contributed by atoms with E-state index in [0.717, 1.165) is 31.5 Å². The Labute approximate surface area is 177 Å². The van der Waals surface area contributed by atoms with Gasteiger partial charge in [-0.3, -0.25) is 9.69 Å². The van der Waals surface area contributed by atoms with Crippen LogP contribution >= 0.6 is 0 Å². The zero-order chi connectivity index (χ0) is 21.7. The van der Waals surface area contributed by atoms with Crippen molar-refractivity contribution in [2.24, 2.45) is 0 Å². The van der Waals surface area contributed by atoms with Crippen LogP contribution in [0.15, 0.2) is 29.1 Å². The molecule has 1 aliphatic rings. The molecule has 1 unspecified atom stereocenters. The minimum Gasteiger partial charge on any atom is -0.507 e. The number of benzene rings is 1. The predicted molar refractivity (Wildman–Crippen MR) is 116 cm³/mol. The summed E-state index contributed by atoms with van der Waals surface area (Å²) in [7, 11) is 4.81. The number of pyridine rings is 1. The highest BCUT2D eigenvalue weighted by molar-refractivity contribution is 5.48. The molecule has 7 heteroatoms. The molecule has 0 aliphatic carbocycles. The molecule has 1 saturated heterocycles. The monoisotopic (exact) mass is 416 g/mol. The minimum absolute atomic E-state index is 0.0246. The molecule has 7 nitrogen and oxygen atoms in total. The molecule has 1 N–H and O–H groups in total. The topological polar surface area (TPSA) is 73.2 Å². The lowest BCUT2D eigenvalue weighted by Gasteiger charge is -2.35. The zero-order valence-corrected chi connectivity index (χ0v) is 18.3. The molecule has 0 radical (unpaired) electrons. The van der Waals surface area contributed by atoms with Gasteiger partial charge in [0.15, 0.2) is 11.5 Å². The Morgan fingerprint density at radius 3 is 2.37 bits per heavy atom. The van der Waals surface area contributed by atoms with Gasteiger partial charge in [0.1, 0.15) is 5.75 Å². The zero-order valence-electron chi connectivity index (χ0n) is 18.3. The molecule has 1 aliphatic heterocycles. The number of nitrogens with zero attached hydrogens (tertiary/aromatic N) is 2. The summed E-state index contributed by atoms with van der Waals surface area (Å²) < 4.78 is 17.7. The molecule has 0 bridgehead atoms. The highest BCUT2D eigenvalue weighted by Gasteiger charge is 2.30. The molecule has 3 rings (SSSR count). The summed E-state index contributed by atoms with van der Waals surface area (Å²) in [5, 5.41) is 10.9. The van der Waals surface area contributed by atoms with Crippen LogP contribution < -0.4 is 15.0 Å². The van der Waals surface area contributed by atoms with Gasteiger partial charge < -0.3 is 23.9 Å². The second kappa shape index (κ2) is 10.00. The van der Waals surface area contributed by atoms with Gasteiger partial charge in [0.05, 0.1) is 32.4 Å². The van der Waals surface area contributed by atoms with E-state index < -0.39 is 0 Å². The van der Waals surface area contributed by atoms with Gasteiger partial charge in [-0.05, 0) is 56.6 Å². The van der Waals surface area contributed by atoms with Crippen molar-refractivity contribution >= 4 is 0 Å². The maximum absolute atomic E-state index is 13.5. The van der Waals surface area contributed by atoms with Gasteiger partial charge in [0.2, 0.25) is 0 Å². The first-order chi connectivity index (χ1) is 14.5. The molecule has 2 heterocycles. The van der Waals surface area contributed by atoms with E-state index in [1.807, 2.05) is 25.1 Å². The van der Waals surface area contributed by atoms with E-state index in [1.165, 1.54) is 6.42 Å². The van der Waals surface area contributed by atoms with Crippen molar-refractivity contribution < 1.29 is 19.3 Å². The third kappa shape index (κ3) is 4.47. The molecule has 1 aromatic carbocycles. The quantitative estimate of drug-likeness (QED) is 0.713. The lowest BCUT2D eigenvalue weighted by molar-refractivity contribution is 0.178. The van der Waals surface area contributed by atoms with Crippen LogP contribution in [0.2, 0.25) is 0 Å². The van der Waals surface area contributed by atoms with Crippen LogP contribution in [0.25, 0.3) is 0 Å². The molecular formula is C23H32N2O5. The fourth-order valence-corrected chi connectivity index (χ4v) is 4.25. The highest BCUT2D eigenvalue weighted by Crippen LogP contribution is 2.38. The molecule has 1 aromatic heterocycles. The summed E-state index contributed by atoms with van der Waals surface area (Å²) in [6, 6.07) is 6.99. The smallest absolute Gasteiger partial charge is 0.259 e. The maximum atomic E-state index is 13.5. The van der Waals surface area contributed by atoms with Crippen molar-refractivity contribution in [3.05, 3.63) is 51.4 Å². The Hall–Kier alpha value is -2.51. The van der Waals surface area contributed by atoms with E-state index >= 15 is 0 Å². The summed E-state index contributed by atoms with van der Waals surface area (Å²) in [5.41, 5.74) is 1.81. The second-order valence-electron chi connectivity index (χ2n) is 7.65. The van der Waals surface area contributed by atoms with Crippen LogP contribution in [0.3, 0.4) is 0 Å². The van der Waals surface area contributed by atoms with Gasteiger partial charge in [0, 0.05) is 19.3 Å². The van der Waals surface area contributed by atoms with E-state index in [2.05, 4.69) is 4.90 Å². The molecule has 164 valence electrons. The number of hydrogen-bond donors (Lipinski definition) is 1. The number of piperidine rings is 1.